The van der Waals surface area contributed by atoms with Gasteiger partial charge < -0.3 is 0 Å². The Balaban J connectivity index is 0.000000527. The molecule has 0 bridgehead atoms. The van der Waals surface area contributed by atoms with Crippen LogP contribution in [0.1, 0.15) is 23.1 Å². The Morgan fingerprint density at radius 3 is 2.26 bits per heavy atom. The maximum Gasteiger partial charge on any atom is 0.262 e. The van der Waals surface area contributed by atoms with Crippen molar-refractivity contribution in [2.75, 3.05) is 0 Å². The summed E-state index contributed by atoms with van der Waals surface area (Å²) < 4.78 is 37.7. The minimum atomic E-state index is -4.94. The van der Waals surface area contributed by atoms with Crippen LogP contribution in [0, 0.1) is 10.2 Å². The van der Waals surface area contributed by atoms with Crippen molar-refractivity contribution in [1.82, 2.24) is 0 Å². The molecule has 1 aromatic heterocycles. The van der Waals surface area contributed by atoms with Crippen molar-refractivity contribution >= 4 is 45.0 Å². The monoisotopic (exact) mass is 523 g/mol. The molecule has 5 nitrogen and oxygen atoms in total. The van der Waals surface area contributed by atoms with Gasteiger partial charge in [-0.25, -0.2) is 18.6 Å². The van der Waals surface area contributed by atoms with Crippen molar-refractivity contribution in [3.63, 3.8) is 0 Å². The molecule has 0 N–H and O–H groups in total. The number of allylic oxidation sites excluding steroid dienone is 3. The Bertz CT molecular complexity index is 1400. The van der Waals surface area contributed by atoms with E-state index in [4.69, 9.17) is 18.6 Å². The second-order valence-corrected chi connectivity index (χ2v) is 10.4. The number of halogens is 1. The minimum absolute atomic E-state index is 0.973. The van der Waals surface area contributed by atoms with Gasteiger partial charge in [-0.05, 0) is 47.9 Å². The van der Waals surface area contributed by atoms with Gasteiger partial charge in [-0.1, -0.05) is 89.8 Å². The van der Waals surface area contributed by atoms with Crippen LogP contribution in [-0.2, 0) is 6.54 Å². The van der Waals surface area contributed by atoms with Crippen LogP contribution in [0.5, 0.6) is 0 Å². The molecule has 0 unspecified atom stereocenters. The van der Waals surface area contributed by atoms with E-state index in [2.05, 4.69) is 115 Å². The number of thiazole rings is 1. The summed E-state index contributed by atoms with van der Waals surface area (Å²) >= 11 is 3.68. The fourth-order valence-electron chi connectivity index (χ4n) is 3.82. The van der Waals surface area contributed by atoms with Gasteiger partial charge in [0.05, 0.1) is 0 Å². The standard InChI is InChI=1S/C27H22NS2.ClHO4/c1-2-28-24-15-7-9-17-26(24)30-27(28)18-10-13-21-19-23(20-11-4-3-5-12-20)22-14-6-8-16-25(22)29-21;2-1(3,4)5/h3-19H,2H2,1H3;(H,2,3,4,5)/q+1;/p-1/b18-10+,21-13+;. The molecule has 0 saturated carbocycles. The summed E-state index contributed by atoms with van der Waals surface area (Å²) in [4.78, 5) is 2.57. The second-order valence-electron chi connectivity index (χ2n) is 7.48. The van der Waals surface area contributed by atoms with Gasteiger partial charge >= 0.3 is 0 Å². The molecule has 5 rings (SSSR count). The van der Waals surface area contributed by atoms with E-state index in [-0.39, 0.29) is 0 Å². The highest BCUT2D eigenvalue weighted by Gasteiger charge is 2.17. The lowest BCUT2D eigenvalue weighted by Gasteiger charge is -2.19. The third-order valence-electron chi connectivity index (χ3n) is 5.23. The van der Waals surface area contributed by atoms with Crippen molar-refractivity contribution in [2.45, 2.75) is 18.4 Å². The minimum Gasteiger partial charge on any atom is -0.222 e. The lowest BCUT2D eigenvalue weighted by Crippen LogP contribution is -2.68. The van der Waals surface area contributed by atoms with Crippen LogP contribution in [0.15, 0.2) is 107 Å². The zero-order valence-corrected chi connectivity index (χ0v) is 21.2. The van der Waals surface area contributed by atoms with Crippen LogP contribution >= 0.6 is 23.1 Å². The van der Waals surface area contributed by atoms with Crippen LogP contribution in [0.4, 0.5) is 0 Å². The molecule has 0 spiro atoms. The molecule has 0 radical (unpaired) electrons. The number of aryl methyl sites for hydroxylation is 1. The summed E-state index contributed by atoms with van der Waals surface area (Å²) in [6.07, 6.45) is 8.96. The van der Waals surface area contributed by atoms with Gasteiger partial charge in [0, 0.05) is 21.9 Å². The first-order valence-electron chi connectivity index (χ1n) is 10.8. The number of hydrogen-bond acceptors (Lipinski definition) is 6. The SMILES string of the molecule is CC[n+]1c(/C=C/C=C2\C=C(c3ccccc3)c3ccccc3S2)sc2ccccc21.[O-][Cl+3]([O-])([O-])[O-]. The molecule has 178 valence electrons. The molecule has 2 heterocycles. The number of thioether (sulfide) groups is 1. The molecule has 1 aliphatic rings. The Morgan fingerprint density at radius 2 is 1.51 bits per heavy atom. The summed E-state index contributed by atoms with van der Waals surface area (Å²) in [6, 6.07) is 28.0. The summed E-state index contributed by atoms with van der Waals surface area (Å²) in [6.45, 7) is 3.18. The summed E-state index contributed by atoms with van der Waals surface area (Å²) in [5.74, 6) is 0. The van der Waals surface area contributed by atoms with Gasteiger partial charge in [0.15, 0.2) is 0 Å². The van der Waals surface area contributed by atoms with Crippen LogP contribution < -0.4 is 23.2 Å². The maximum absolute atomic E-state index is 8.49. The Kier molecular flexibility index (Phi) is 8.20. The molecule has 8 heteroatoms. The number of benzene rings is 3. The first-order chi connectivity index (χ1) is 16.8. The van der Waals surface area contributed by atoms with E-state index in [0.717, 1.165) is 6.54 Å². The number of rotatable bonds is 4. The van der Waals surface area contributed by atoms with Crippen molar-refractivity contribution in [1.29, 1.82) is 0 Å². The van der Waals surface area contributed by atoms with Gasteiger partial charge in [0.1, 0.15) is 11.2 Å². The molecule has 0 aliphatic carbocycles. The first-order valence-corrected chi connectivity index (χ1v) is 13.7. The van der Waals surface area contributed by atoms with E-state index in [0.29, 0.717) is 0 Å². The normalized spacial score (nSPS) is 14.5. The zero-order valence-electron chi connectivity index (χ0n) is 18.8. The summed E-state index contributed by atoms with van der Waals surface area (Å²) in [7, 11) is -4.94. The predicted octanol–water partition coefficient (Wildman–Crippen LogP) is 2.59. The highest BCUT2D eigenvalue weighted by atomic mass is 35.7. The van der Waals surface area contributed by atoms with Gasteiger partial charge in [-0.2, -0.15) is 4.57 Å². The third-order valence-corrected chi connectivity index (χ3v) is 7.42. The predicted molar refractivity (Wildman–Crippen MR) is 131 cm³/mol. The summed E-state index contributed by atoms with van der Waals surface area (Å²) in [5.41, 5.74) is 5.16. The van der Waals surface area contributed by atoms with Crippen LogP contribution in [0.25, 0.3) is 21.9 Å². The molecule has 4 aromatic rings. The average Bonchev–Trinajstić information content (AvgIpc) is 3.20. The number of hydrogen-bond donors (Lipinski definition) is 0. The van der Waals surface area contributed by atoms with Crippen molar-refractivity contribution in [3.05, 3.63) is 118 Å². The Morgan fingerprint density at radius 1 is 0.857 bits per heavy atom. The Labute approximate surface area is 214 Å². The lowest BCUT2D eigenvalue weighted by atomic mass is 9.97. The average molecular weight is 524 g/mol. The van der Waals surface area contributed by atoms with Crippen LogP contribution in [0.2, 0.25) is 0 Å². The number of para-hydroxylation sites is 1. The molecule has 0 saturated heterocycles. The van der Waals surface area contributed by atoms with Gasteiger partial charge in [0.2, 0.25) is 5.52 Å². The molecular formula is C27H22ClNO4S2. The Hall–Kier alpha value is -2.75. The van der Waals surface area contributed by atoms with Gasteiger partial charge in [-0.15, -0.1) is 10.2 Å². The van der Waals surface area contributed by atoms with Gasteiger partial charge in [-0.3, -0.25) is 0 Å². The molecule has 3 aromatic carbocycles. The highest BCUT2D eigenvalue weighted by Crippen LogP contribution is 2.42. The van der Waals surface area contributed by atoms with Crippen LogP contribution in [0.3, 0.4) is 0 Å². The van der Waals surface area contributed by atoms with Crippen LogP contribution in [-0.4, -0.2) is 0 Å². The van der Waals surface area contributed by atoms with E-state index in [1.807, 2.05) is 23.1 Å². The van der Waals surface area contributed by atoms with Crippen molar-refractivity contribution in [2.24, 2.45) is 0 Å². The van der Waals surface area contributed by atoms with E-state index >= 15 is 0 Å². The number of aromatic nitrogens is 1. The number of nitrogens with zero attached hydrogens (tertiary/aromatic N) is 1. The molecule has 35 heavy (non-hydrogen) atoms. The topological polar surface area (TPSA) is 96.1 Å². The molecule has 0 amide bonds. The quantitative estimate of drug-likeness (QED) is 0.383. The van der Waals surface area contributed by atoms with E-state index < -0.39 is 10.2 Å². The van der Waals surface area contributed by atoms with Crippen molar-refractivity contribution < 1.29 is 33.4 Å². The van der Waals surface area contributed by atoms with E-state index in [1.54, 1.807) is 0 Å². The summed E-state index contributed by atoms with van der Waals surface area (Å²) in [5, 5.41) is 1.28. The molecule has 0 fully saturated rings. The molecule has 1 aliphatic heterocycles. The lowest BCUT2D eigenvalue weighted by molar-refractivity contribution is -2.00. The number of fused-ring (bicyclic) bond motifs is 2. The smallest absolute Gasteiger partial charge is 0.222 e. The van der Waals surface area contributed by atoms with Crippen molar-refractivity contribution in [3.8, 4) is 0 Å². The molecular weight excluding hydrogens is 502 g/mol. The van der Waals surface area contributed by atoms with E-state index in [9.17, 15) is 0 Å². The van der Waals surface area contributed by atoms with E-state index in [1.165, 1.54) is 41.7 Å². The largest absolute Gasteiger partial charge is 0.262 e. The first kappa shape index (κ1) is 25.3. The molecule has 0 atom stereocenters. The second kappa shape index (κ2) is 11.3. The third kappa shape index (κ3) is 6.68. The fourth-order valence-corrected chi connectivity index (χ4v) is 5.97. The highest BCUT2D eigenvalue weighted by molar-refractivity contribution is 8.03. The maximum atomic E-state index is 8.49. The zero-order chi connectivity index (χ0) is 24.8. The fraction of sp³-hybridized carbons (Fsp3) is 0.0741. The van der Waals surface area contributed by atoms with Gasteiger partial charge in [0.25, 0.3) is 5.01 Å².